The monoisotopic (exact) mass is 375 g/mol. The molecule has 1 rings (SSSR count). The van der Waals surface area contributed by atoms with Gasteiger partial charge in [-0.05, 0) is 40.9 Å². The van der Waals surface area contributed by atoms with E-state index in [4.69, 9.17) is 5.73 Å². The molecule has 118 valence electrons. The average Bonchev–Trinajstić information content (AvgIpc) is 2.90. The van der Waals surface area contributed by atoms with Gasteiger partial charge in [0.25, 0.3) is 5.91 Å². The molecule has 3 N–H and O–H groups in total. The van der Waals surface area contributed by atoms with Gasteiger partial charge in [0.05, 0.1) is 15.2 Å². The summed E-state index contributed by atoms with van der Waals surface area (Å²) in [5, 5.41) is 2.80. The van der Waals surface area contributed by atoms with Gasteiger partial charge in [-0.1, -0.05) is 13.8 Å². The fraction of sp³-hybridized carbons (Fsp3) is 0.571. The summed E-state index contributed by atoms with van der Waals surface area (Å²) in [6, 6.07) is 3.56. The lowest BCUT2D eigenvalue weighted by Crippen LogP contribution is -2.51. The zero-order valence-corrected chi connectivity index (χ0v) is 15.0. The van der Waals surface area contributed by atoms with Crippen molar-refractivity contribution in [2.24, 2.45) is 5.73 Å². The number of halogens is 1. The number of nitrogens with zero attached hydrogens (tertiary/aromatic N) is 1. The molecule has 2 amide bonds. The highest BCUT2D eigenvalue weighted by atomic mass is 79.9. The van der Waals surface area contributed by atoms with Gasteiger partial charge < -0.3 is 16.0 Å². The molecule has 0 radical (unpaired) electrons. The predicted molar refractivity (Wildman–Crippen MR) is 89.5 cm³/mol. The maximum atomic E-state index is 12.1. The van der Waals surface area contributed by atoms with Crippen molar-refractivity contribution in [3.05, 3.63) is 20.8 Å². The Bertz CT molecular complexity index is 500. The van der Waals surface area contributed by atoms with E-state index in [1.807, 2.05) is 19.9 Å². The Morgan fingerprint density at radius 2 is 2.00 bits per heavy atom. The number of thiophene rings is 1. The van der Waals surface area contributed by atoms with Crippen LogP contribution in [0.4, 0.5) is 0 Å². The van der Waals surface area contributed by atoms with Crippen molar-refractivity contribution >= 4 is 39.1 Å². The minimum atomic E-state index is -0.378. The number of hydrogen-bond acceptors (Lipinski definition) is 4. The van der Waals surface area contributed by atoms with E-state index in [1.54, 1.807) is 13.1 Å². The molecule has 0 aliphatic carbocycles. The molecule has 21 heavy (non-hydrogen) atoms. The molecule has 1 aromatic rings. The summed E-state index contributed by atoms with van der Waals surface area (Å²) < 4.78 is 0.891. The molecule has 0 unspecified atom stereocenters. The standard InChI is InChI=1S/C14H22BrN3O2S/c1-4-14(16,5-2)9-17-12(19)8-18(3)13(20)10-6-7-11(15)21-10/h6-7H,4-5,8-9,16H2,1-3H3,(H,17,19). The summed E-state index contributed by atoms with van der Waals surface area (Å²) in [4.78, 5) is 26.0. The number of carbonyl (C=O) groups excluding carboxylic acids is 2. The highest BCUT2D eigenvalue weighted by molar-refractivity contribution is 9.11. The molecule has 0 saturated heterocycles. The smallest absolute Gasteiger partial charge is 0.264 e. The molecule has 0 spiro atoms. The van der Waals surface area contributed by atoms with Crippen LogP contribution in [0.2, 0.25) is 0 Å². The molecule has 0 atom stereocenters. The number of hydrogen-bond donors (Lipinski definition) is 2. The van der Waals surface area contributed by atoms with Crippen LogP contribution in [0, 0.1) is 0 Å². The van der Waals surface area contributed by atoms with Gasteiger partial charge >= 0.3 is 0 Å². The minimum absolute atomic E-state index is 0.0257. The number of rotatable bonds is 7. The van der Waals surface area contributed by atoms with Crippen molar-refractivity contribution in [3.8, 4) is 0 Å². The van der Waals surface area contributed by atoms with Crippen molar-refractivity contribution in [1.29, 1.82) is 0 Å². The van der Waals surface area contributed by atoms with Crippen molar-refractivity contribution in [3.63, 3.8) is 0 Å². The fourth-order valence-corrected chi connectivity index (χ4v) is 3.12. The van der Waals surface area contributed by atoms with Crippen LogP contribution in [0.3, 0.4) is 0 Å². The summed E-state index contributed by atoms with van der Waals surface area (Å²) in [6.07, 6.45) is 1.59. The molecule has 0 saturated carbocycles. The van der Waals surface area contributed by atoms with E-state index in [0.717, 1.165) is 16.6 Å². The Labute approximate surface area is 138 Å². The lowest BCUT2D eigenvalue weighted by atomic mass is 9.94. The molecule has 0 aliphatic heterocycles. The number of amides is 2. The van der Waals surface area contributed by atoms with Gasteiger partial charge in [0, 0.05) is 19.1 Å². The lowest BCUT2D eigenvalue weighted by Gasteiger charge is -2.27. The number of nitrogens with one attached hydrogen (secondary N) is 1. The van der Waals surface area contributed by atoms with Crippen LogP contribution in [0.15, 0.2) is 15.9 Å². The Balaban J connectivity index is 2.49. The van der Waals surface area contributed by atoms with E-state index < -0.39 is 0 Å². The number of carbonyl (C=O) groups is 2. The molecule has 7 heteroatoms. The zero-order valence-electron chi connectivity index (χ0n) is 12.6. The van der Waals surface area contributed by atoms with Crippen LogP contribution in [0.1, 0.15) is 36.4 Å². The molecular weight excluding hydrogens is 354 g/mol. The van der Waals surface area contributed by atoms with Crippen LogP contribution >= 0.6 is 27.3 Å². The van der Waals surface area contributed by atoms with Gasteiger partial charge in [0.1, 0.15) is 0 Å². The van der Waals surface area contributed by atoms with Gasteiger partial charge in [0.2, 0.25) is 5.91 Å². The number of likely N-dealkylation sites (N-methyl/N-ethyl adjacent to an activating group) is 1. The second-order valence-electron chi connectivity index (χ2n) is 5.11. The third kappa shape index (κ3) is 5.41. The summed E-state index contributed by atoms with van der Waals surface area (Å²) >= 11 is 4.67. The van der Waals surface area contributed by atoms with Crippen molar-refractivity contribution in [2.75, 3.05) is 20.1 Å². The molecule has 0 aliphatic rings. The normalized spacial score (nSPS) is 11.3. The summed E-state index contributed by atoms with van der Waals surface area (Å²) in [5.74, 6) is -0.357. The molecule has 0 bridgehead atoms. The molecule has 1 heterocycles. The van der Waals surface area contributed by atoms with Gasteiger partial charge in [-0.15, -0.1) is 11.3 Å². The summed E-state index contributed by atoms with van der Waals surface area (Å²) in [7, 11) is 1.62. The van der Waals surface area contributed by atoms with Crippen molar-refractivity contribution in [2.45, 2.75) is 32.2 Å². The first-order chi connectivity index (χ1) is 9.81. The Kier molecular flexibility index (Phi) is 6.83. The Morgan fingerprint density at radius 1 is 1.38 bits per heavy atom. The van der Waals surface area contributed by atoms with E-state index in [-0.39, 0.29) is 23.9 Å². The second kappa shape index (κ2) is 7.91. The third-order valence-corrected chi connectivity index (χ3v) is 5.17. The highest BCUT2D eigenvalue weighted by Crippen LogP contribution is 2.22. The molecular formula is C14H22BrN3O2S. The first kappa shape index (κ1) is 18.1. The van der Waals surface area contributed by atoms with E-state index in [2.05, 4.69) is 21.2 Å². The van der Waals surface area contributed by atoms with Crippen LogP contribution < -0.4 is 11.1 Å². The van der Waals surface area contributed by atoms with E-state index >= 15 is 0 Å². The second-order valence-corrected chi connectivity index (χ2v) is 7.57. The first-order valence-corrected chi connectivity index (χ1v) is 8.48. The highest BCUT2D eigenvalue weighted by Gasteiger charge is 2.22. The lowest BCUT2D eigenvalue weighted by molar-refractivity contribution is -0.121. The first-order valence-electron chi connectivity index (χ1n) is 6.87. The van der Waals surface area contributed by atoms with Crippen LogP contribution in [-0.4, -0.2) is 42.4 Å². The quantitative estimate of drug-likeness (QED) is 0.766. The molecule has 0 fully saturated rings. The largest absolute Gasteiger partial charge is 0.353 e. The maximum absolute atomic E-state index is 12.1. The third-order valence-electron chi connectivity index (χ3n) is 3.56. The summed E-state index contributed by atoms with van der Waals surface area (Å²) in [6.45, 7) is 4.45. The minimum Gasteiger partial charge on any atom is -0.353 e. The molecule has 0 aromatic carbocycles. The van der Waals surface area contributed by atoms with Crippen LogP contribution in [0.5, 0.6) is 0 Å². The topological polar surface area (TPSA) is 75.4 Å². The van der Waals surface area contributed by atoms with Crippen molar-refractivity contribution in [1.82, 2.24) is 10.2 Å². The fourth-order valence-electron chi connectivity index (χ4n) is 1.74. The van der Waals surface area contributed by atoms with Gasteiger partial charge in [0.15, 0.2) is 0 Å². The maximum Gasteiger partial charge on any atom is 0.264 e. The Morgan fingerprint density at radius 3 is 2.48 bits per heavy atom. The average molecular weight is 376 g/mol. The van der Waals surface area contributed by atoms with Gasteiger partial charge in [-0.25, -0.2) is 0 Å². The van der Waals surface area contributed by atoms with Gasteiger partial charge in [-0.3, -0.25) is 9.59 Å². The van der Waals surface area contributed by atoms with E-state index in [0.29, 0.717) is 11.4 Å². The van der Waals surface area contributed by atoms with Gasteiger partial charge in [-0.2, -0.15) is 0 Å². The molecule has 1 aromatic heterocycles. The summed E-state index contributed by atoms with van der Waals surface area (Å²) in [5.41, 5.74) is 5.75. The SMILES string of the molecule is CCC(N)(CC)CNC(=O)CN(C)C(=O)c1ccc(Br)s1. The van der Waals surface area contributed by atoms with Crippen LogP contribution in [0.25, 0.3) is 0 Å². The number of nitrogens with two attached hydrogens (primary N) is 1. The van der Waals surface area contributed by atoms with E-state index in [9.17, 15) is 9.59 Å². The van der Waals surface area contributed by atoms with Crippen LogP contribution in [-0.2, 0) is 4.79 Å². The Hall–Kier alpha value is -0.920. The predicted octanol–water partition coefficient (Wildman–Crippen LogP) is 2.22. The molecule has 5 nitrogen and oxygen atoms in total. The zero-order chi connectivity index (χ0) is 16.0. The van der Waals surface area contributed by atoms with E-state index in [1.165, 1.54) is 16.2 Å². The van der Waals surface area contributed by atoms with Crippen molar-refractivity contribution < 1.29 is 9.59 Å².